The van der Waals surface area contributed by atoms with E-state index < -0.39 is 18.1 Å². The van der Waals surface area contributed by atoms with Gasteiger partial charge >= 0.3 is 12.1 Å². The van der Waals surface area contributed by atoms with E-state index in [1.54, 1.807) is 19.2 Å². The van der Waals surface area contributed by atoms with Crippen molar-refractivity contribution in [2.45, 2.75) is 6.04 Å². The standard InChI is InChI=1S/C24H23N3O4/c1-26-20-12-18(23(28)30-2)21(13-19(20)25)27(24(29)31-3)22-16-10-6-4-8-14(16)15-9-5-7-11-17(15)22/h4-13,22,26H,25H2,1-3H3. The van der Waals surface area contributed by atoms with Crippen LogP contribution in [0.4, 0.5) is 21.9 Å². The van der Waals surface area contributed by atoms with Gasteiger partial charge in [0.2, 0.25) is 0 Å². The summed E-state index contributed by atoms with van der Waals surface area (Å²) in [5.74, 6) is -0.583. The van der Waals surface area contributed by atoms with Gasteiger partial charge in [0.1, 0.15) is 0 Å². The molecule has 0 spiro atoms. The number of hydrogen-bond acceptors (Lipinski definition) is 6. The average molecular weight is 417 g/mol. The Morgan fingerprint density at radius 1 is 0.935 bits per heavy atom. The van der Waals surface area contributed by atoms with Crippen molar-refractivity contribution in [3.05, 3.63) is 77.4 Å². The number of nitrogens with zero attached hydrogens (tertiary/aromatic N) is 1. The zero-order valence-electron chi connectivity index (χ0n) is 17.5. The van der Waals surface area contributed by atoms with Crippen LogP contribution >= 0.6 is 0 Å². The van der Waals surface area contributed by atoms with Crippen LogP contribution < -0.4 is 16.0 Å². The lowest BCUT2D eigenvalue weighted by atomic mass is 10.0. The van der Waals surface area contributed by atoms with Gasteiger partial charge in [-0.2, -0.15) is 0 Å². The fourth-order valence-corrected chi connectivity index (χ4v) is 4.14. The summed E-state index contributed by atoms with van der Waals surface area (Å²) in [6, 6.07) is 18.4. The third-order valence-corrected chi connectivity index (χ3v) is 5.53. The van der Waals surface area contributed by atoms with Gasteiger partial charge in [0.25, 0.3) is 0 Å². The summed E-state index contributed by atoms with van der Waals surface area (Å²) >= 11 is 0. The Bertz CT molecular complexity index is 1130. The molecule has 0 fully saturated rings. The first-order valence-electron chi connectivity index (χ1n) is 9.76. The highest BCUT2D eigenvalue weighted by atomic mass is 16.5. The summed E-state index contributed by atoms with van der Waals surface area (Å²) in [5.41, 5.74) is 11.6. The van der Waals surface area contributed by atoms with Gasteiger partial charge in [-0.1, -0.05) is 48.5 Å². The molecule has 1 aliphatic carbocycles. The second kappa shape index (κ2) is 8.02. The van der Waals surface area contributed by atoms with Crippen molar-refractivity contribution in [2.75, 3.05) is 37.2 Å². The van der Waals surface area contributed by atoms with Crippen molar-refractivity contribution < 1.29 is 19.1 Å². The Balaban J connectivity index is 2.00. The highest BCUT2D eigenvalue weighted by Crippen LogP contribution is 2.48. The normalized spacial score (nSPS) is 12.0. The van der Waals surface area contributed by atoms with E-state index in [1.807, 2.05) is 48.5 Å². The van der Waals surface area contributed by atoms with E-state index in [4.69, 9.17) is 15.2 Å². The lowest BCUT2D eigenvalue weighted by Crippen LogP contribution is -2.36. The molecule has 7 nitrogen and oxygen atoms in total. The number of nitrogens with two attached hydrogens (primary N) is 1. The maximum Gasteiger partial charge on any atom is 0.414 e. The number of nitrogen functional groups attached to an aromatic ring is 1. The first-order chi connectivity index (χ1) is 15.0. The molecule has 3 aromatic rings. The van der Waals surface area contributed by atoms with E-state index >= 15 is 0 Å². The minimum atomic E-state index is -0.613. The molecular weight excluding hydrogens is 394 g/mol. The van der Waals surface area contributed by atoms with E-state index in [0.29, 0.717) is 17.1 Å². The maximum atomic E-state index is 13.1. The summed E-state index contributed by atoms with van der Waals surface area (Å²) in [6.07, 6.45) is -0.613. The van der Waals surface area contributed by atoms with Crippen molar-refractivity contribution in [1.82, 2.24) is 0 Å². The first kappa shape index (κ1) is 20.3. The highest BCUT2D eigenvalue weighted by Gasteiger charge is 2.38. The lowest BCUT2D eigenvalue weighted by molar-refractivity contribution is 0.0601. The van der Waals surface area contributed by atoms with Gasteiger partial charge in [-0.3, -0.25) is 4.90 Å². The first-order valence-corrected chi connectivity index (χ1v) is 9.76. The van der Waals surface area contributed by atoms with E-state index in [1.165, 1.54) is 19.1 Å². The molecule has 0 aliphatic heterocycles. The van der Waals surface area contributed by atoms with Crippen LogP contribution in [0, 0.1) is 0 Å². The fourth-order valence-electron chi connectivity index (χ4n) is 4.14. The maximum absolute atomic E-state index is 13.1. The van der Waals surface area contributed by atoms with Gasteiger partial charge in [0, 0.05) is 7.05 Å². The van der Waals surface area contributed by atoms with Gasteiger partial charge in [0.15, 0.2) is 0 Å². The average Bonchev–Trinajstić information content (AvgIpc) is 3.13. The number of amides is 1. The SMILES string of the molecule is CNc1cc(C(=O)OC)c(N(C(=O)OC)C2c3ccccc3-c3ccccc32)cc1N. The number of carbonyl (C=O) groups is 2. The number of benzene rings is 3. The third-order valence-electron chi connectivity index (χ3n) is 5.53. The van der Waals surface area contributed by atoms with Crippen LogP contribution in [0.3, 0.4) is 0 Å². The molecule has 1 amide bonds. The Morgan fingerprint density at radius 2 is 1.52 bits per heavy atom. The van der Waals surface area contributed by atoms with Crippen LogP contribution in [-0.2, 0) is 9.47 Å². The van der Waals surface area contributed by atoms with Crippen molar-refractivity contribution in [3.8, 4) is 11.1 Å². The molecule has 31 heavy (non-hydrogen) atoms. The zero-order chi connectivity index (χ0) is 22.1. The molecule has 158 valence electrons. The summed E-state index contributed by atoms with van der Waals surface area (Å²) < 4.78 is 10.1. The Labute approximate surface area is 180 Å². The summed E-state index contributed by atoms with van der Waals surface area (Å²) in [5, 5.41) is 2.96. The number of nitrogens with one attached hydrogen (secondary N) is 1. The summed E-state index contributed by atoms with van der Waals surface area (Å²) in [6.45, 7) is 0. The van der Waals surface area contributed by atoms with Crippen molar-refractivity contribution in [2.24, 2.45) is 0 Å². The molecule has 4 rings (SSSR count). The molecule has 7 heteroatoms. The van der Waals surface area contributed by atoms with E-state index in [2.05, 4.69) is 5.32 Å². The van der Waals surface area contributed by atoms with E-state index in [9.17, 15) is 9.59 Å². The monoisotopic (exact) mass is 417 g/mol. The Morgan fingerprint density at radius 3 is 2.03 bits per heavy atom. The number of carbonyl (C=O) groups excluding carboxylic acids is 2. The van der Waals surface area contributed by atoms with Crippen LogP contribution in [0.2, 0.25) is 0 Å². The minimum Gasteiger partial charge on any atom is -0.465 e. The summed E-state index contributed by atoms with van der Waals surface area (Å²) in [4.78, 5) is 27.3. The smallest absolute Gasteiger partial charge is 0.414 e. The fraction of sp³-hybridized carbons (Fsp3) is 0.167. The number of fused-ring (bicyclic) bond motifs is 3. The van der Waals surface area contributed by atoms with Crippen molar-refractivity contribution >= 4 is 29.1 Å². The zero-order valence-corrected chi connectivity index (χ0v) is 17.5. The van der Waals surface area contributed by atoms with Gasteiger partial charge < -0.3 is 20.5 Å². The van der Waals surface area contributed by atoms with Crippen LogP contribution in [0.5, 0.6) is 0 Å². The lowest BCUT2D eigenvalue weighted by Gasteiger charge is -2.31. The highest BCUT2D eigenvalue weighted by molar-refractivity contribution is 6.04. The van der Waals surface area contributed by atoms with E-state index in [-0.39, 0.29) is 5.56 Å². The number of esters is 1. The number of anilines is 3. The second-order valence-electron chi connectivity index (χ2n) is 7.12. The third kappa shape index (κ3) is 3.24. The molecule has 0 atom stereocenters. The van der Waals surface area contributed by atoms with Gasteiger partial charge in [-0.15, -0.1) is 0 Å². The van der Waals surface area contributed by atoms with Gasteiger partial charge in [0.05, 0.1) is 42.9 Å². The Hall–Kier alpha value is -4.00. The molecule has 0 unspecified atom stereocenters. The van der Waals surface area contributed by atoms with Crippen LogP contribution in [-0.4, -0.2) is 33.3 Å². The Kier molecular flexibility index (Phi) is 5.25. The molecule has 0 heterocycles. The van der Waals surface area contributed by atoms with Gasteiger partial charge in [-0.05, 0) is 34.4 Å². The minimum absolute atomic E-state index is 0.202. The van der Waals surface area contributed by atoms with Gasteiger partial charge in [-0.25, -0.2) is 9.59 Å². The summed E-state index contributed by atoms with van der Waals surface area (Å²) in [7, 11) is 4.31. The van der Waals surface area contributed by atoms with Crippen LogP contribution in [0.15, 0.2) is 60.7 Å². The number of rotatable bonds is 4. The predicted molar refractivity (Wildman–Crippen MR) is 120 cm³/mol. The molecular formula is C24H23N3O4. The number of ether oxygens (including phenoxy) is 2. The molecule has 0 bridgehead atoms. The number of hydrogen-bond donors (Lipinski definition) is 2. The van der Waals surface area contributed by atoms with Crippen molar-refractivity contribution in [3.63, 3.8) is 0 Å². The molecule has 0 radical (unpaired) electrons. The van der Waals surface area contributed by atoms with Crippen LogP contribution in [0.25, 0.3) is 11.1 Å². The molecule has 1 aliphatic rings. The molecule has 0 saturated carbocycles. The molecule has 0 aromatic heterocycles. The largest absolute Gasteiger partial charge is 0.465 e. The number of methoxy groups -OCH3 is 2. The molecule has 3 aromatic carbocycles. The quantitative estimate of drug-likeness (QED) is 0.481. The second-order valence-corrected chi connectivity index (χ2v) is 7.12. The van der Waals surface area contributed by atoms with Crippen LogP contribution in [0.1, 0.15) is 27.5 Å². The topological polar surface area (TPSA) is 93.9 Å². The molecule has 0 saturated heterocycles. The molecule has 3 N–H and O–H groups in total. The van der Waals surface area contributed by atoms with Crippen molar-refractivity contribution in [1.29, 1.82) is 0 Å². The van der Waals surface area contributed by atoms with E-state index in [0.717, 1.165) is 22.3 Å². The predicted octanol–water partition coefficient (Wildman–Crippen LogP) is 4.44.